The van der Waals surface area contributed by atoms with Crippen LogP contribution in [0.2, 0.25) is 0 Å². The molecule has 0 saturated carbocycles. The van der Waals surface area contributed by atoms with E-state index < -0.39 is 35.5 Å². The van der Waals surface area contributed by atoms with Gasteiger partial charge in [-0.1, -0.05) is 0 Å². The molecule has 0 aromatic carbocycles. The Morgan fingerprint density at radius 2 is 2.00 bits per heavy atom. The smallest absolute Gasteiger partial charge is 0.433 e. The molecule has 8 heteroatoms. The van der Waals surface area contributed by atoms with E-state index in [9.17, 15) is 26.7 Å². The molecule has 18 heavy (non-hydrogen) atoms. The van der Waals surface area contributed by atoms with E-state index in [2.05, 4.69) is 9.72 Å². The molecule has 100 valence electrons. The normalized spacial score (nSPS) is 11.7. The van der Waals surface area contributed by atoms with Gasteiger partial charge in [-0.2, -0.15) is 13.2 Å². The third kappa shape index (κ3) is 3.38. The van der Waals surface area contributed by atoms with Gasteiger partial charge >= 0.3 is 12.1 Å². The first-order valence-corrected chi connectivity index (χ1v) is 4.80. The van der Waals surface area contributed by atoms with Gasteiger partial charge in [-0.3, -0.25) is 0 Å². The van der Waals surface area contributed by atoms with Crippen LogP contribution in [0.3, 0.4) is 0 Å². The minimum atomic E-state index is -4.91. The molecule has 1 aromatic rings. The highest BCUT2D eigenvalue weighted by Crippen LogP contribution is 2.30. The van der Waals surface area contributed by atoms with E-state index >= 15 is 0 Å². The summed E-state index contributed by atoms with van der Waals surface area (Å²) in [5.41, 5.74) is -3.27. The third-order valence-corrected chi connectivity index (χ3v) is 1.87. The number of halogens is 5. The molecule has 0 bridgehead atoms. The summed E-state index contributed by atoms with van der Waals surface area (Å²) in [6.07, 6.45) is -8.12. The van der Waals surface area contributed by atoms with Crippen LogP contribution in [0, 0.1) is 0 Å². The quantitative estimate of drug-likeness (QED) is 0.624. The van der Waals surface area contributed by atoms with Crippen LogP contribution in [-0.2, 0) is 10.9 Å². The number of carbonyl (C=O) groups excluding carboxylic acids is 1. The van der Waals surface area contributed by atoms with Gasteiger partial charge in [0.25, 0.3) is 6.43 Å². The van der Waals surface area contributed by atoms with Crippen molar-refractivity contribution in [3.8, 4) is 0 Å². The molecule has 1 heterocycles. The van der Waals surface area contributed by atoms with Crippen LogP contribution in [0.1, 0.15) is 35.1 Å². The van der Waals surface area contributed by atoms with Gasteiger partial charge in [-0.25, -0.2) is 18.6 Å². The van der Waals surface area contributed by atoms with Crippen LogP contribution in [-0.4, -0.2) is 17.6 Å². The largest absolute Gasteiger partial charge is 0.462 e. The molecule has 1 rings (SSSR count). The molecule has 0 atom stereocenters. The van der Waals surface area contributed by atoms with Crippen LogP contribution in [0.15, 0.2) is 12.1 Å². The lowest BCUT2D eigenvalue weighted by Gasteiger charge is -2.10. The van der Waals surface area contributed by atoms with Crippen molar-refractivity contribution >= 4 is 5.97 Å². The molecule has 0 saturated heterocycles. The topological polar surface area (TPSA) is 39.2 Å². The lowest BCUT2D eigenvalue weighted by molar-refractivity contribution is -0.141. The molecule has 0 N–H and O–H groups in total. The molecule has 0 amide bonds. The first-order valence-electron chi connectivity index (χ1n) is 4.80. The van der Waals surface area contributed by atoms with Gasteiger partial charge in [-0.05, 0) is 19.1 Å². The minimum Gasteiger partial charge on any atom is -0.462 e. The predicted molar refractivity (Wildman–Crippen MR) is 50.2 cm³/mol. The number of pyridine rings is 1. The predicted octanol–water partition coefficient (Wildman–Crippen LogP) is 3.21. The van der Waals surface area contributed by atoms with E-state index in [0.717, 1.165) is 0 Å². The van der Waals surface area contributed by atoms with Gasteiger partial charge in [0.1, 0.15) is 11.4 Å². The Balaban J connectivity index is 3.27. The average Bonchev–Trinajstić information content (AvgIpc) is 2.27. The number of ether oxygens (including phenoxy) is 1. The third-order valence-electron chi connectivity index (χ3n) is 1.87. The number of nitrogens with zero attached hydrogens (tertiary/aromatic N) is 1. The van der Waals surface area contributed by atoms with Crippen molar-refractivity contribution < 1.29 is 31.5 Å². The highest BCUT2D eigenvalue weighted by molar-refractivity contribution is 5.89. The highest BCUT2D eigenvalue weighted by Gasteiger charge is 2.34. The maximum atomic E-state index is 12.4. The molecule has 0 fully saturated rings. The summed E-state index contributed by atoms with van der Waals surface area (Å²) in [4.78, 5) is 14.0. The van der Waals surface area contributed by atoms with Gasteiger partial charge < -0.3 is 4.74 Å². The number of alkyl halides is 5. The summed E-state index contributed by atoms with van der Waals surface area (Å²) in [7, 11) is 0. The van der Waals surface area contributed by atoms with Gasteiger partial charge in [0.15, 0.2) is 0 Å². The van der Waals surface area contributed by atoms with Crippen LogP contribution >= 0.6 is 0 Å². The van der Waals surface area contributed by atoms with Crippen molar-refractivity contribution in [1.29, 1.82) is 0 Å². The number of aromatic nitrogens is 1. The zero-order valence-electron chi connectivity index (χ0n) is 9.09. The summed E-state index contributed by atoms with van der Waals surface area (Å²) in [6, 6.07) is 0.960. The van der Waals surface area contributed by atoms with E-state index in [1.165, 1.54) is 6.92 Å². The Kier molecular flexibility index (Phi) is 4.20. The molecular weight excluding hydrogens is 261 g/mol. The van der Waals surface area contributed by atoms with Crippen molar-refractivity contribution in [2.45, 2.75) is 19.5 Å². The lowest BCUT2D eigenvalue weighted by Crippen LogP contribution is -2.14. The molecule has 0 radical (unpaired) electrons. The maximum absolute atomic E-state index is 12.4. The minimum absolute atomic E-state index is 0.0769. The van der Waals surface area contributed by atoms with Gasteiger partial charge in [0, 0.05) is 0 Å². The van der Waals surface area contributed by atoms with Crippen molar-refractivity contribution in [2.75, 3.05) is 6.61 Å². The number of esters is 1. The highest BCUT2D eigenvalue weighted by atomic mass is 19.4. The molecule has 0 unspecified atom stereocenters. The Hall–Kier alpha value is -1.73. The molecule has 3 nitrogen and oxygen atoms in total. The SMILES string of the molecule is CCOC(=O)c1cc(C(F)F)nc(C(F)(F)F)c1. The standard InChI is InChI=1S/C10H8F5NO2/c1-2-18-9(17)5-3-6(8(11)12)16-7(4-5)10(13,14)15/h3-4,8H,2H2,1H3. The molecule has 1 aromatic heterocycles. The fraction of sp³-hybridized carbons (Fsp3) is 0.400. The van der Waals surface area contributed by atoms with Crippen molar-refractivity contribution in [1.82, 2.24) is 4.98 Å². The van der Waals surface area contributed by atoms with E-state index in [1.807, 2.05) is 0 Å². The van der Waals surface area contributed by atoms with Crippen molar-refractivity contribution in [2.24, 2.45) is 0 Å². The van der Waals surface area contributed by atoms with Crippen molar-refractivity contribution in [3.63, 3.8) is 0 Å². The Bertz CT molecular complexity index is 444. The van der Waals surface area contributed by atoms with E-state index in [1.54, 1.807) is 0 Å². The van der Waals surface area contributed by atoms with Crippen LogP contribution in [0.5, 0.6) is 0 Å². The molecule has 0 aliphatic rings. The van der Waals surface area contributed by atoms with Crippen molar-refractivity contribution in [3.05, 3.63) is 29.1 Å². The van der Waals surface area contributed by atoms with Crippen LogP contribution < -0.4 is 0 Å². The molecule has 0 aliphatic heterocycles. The van der Waals surface area contributed by atoms with Crippen LogP contribution in [0.4, 0.5) is 22.0 Å². The molecule has 0 spiro atoms. The Morgan fingerprint density at radius 1 is 1.39 bits per heavy atom. The molecule has 0 aliphatic carbocycles. The lowest BCUT2D eigenvalue weighted by atomic mass is 10.2. The summed E-state index contributed by atoms with van der Waals surface area (Å²) in [5, 5.41) is 0. The van der Waals surface area contributed by atoms with Gasteiger partial charge in [-0.15, -0.1) is 0 Å². The monoisotopic (exact) mass is 269 g/mol. The fourth-order valence-electron chi connectivity index (χ4n) is 1.14. The first kappa shape index (κ1) is 14.3. The second-order valence-corrected chi connectivity index (χ2v) is 3.18. The Labute approximate surface area is 98.6 Å². The van der Waals surface area contributed by atoms with Gasteiger partial charge in [0.05, 0.1) is 12.2 Å². The van der Waals surface area contributed by atoms with Crippen LogP contribution in [0.25, 0.3) is 0 Å². The fourth-order valence-corrected chi connectivity index (χ4v) is 1.14. The zero-order chi connectivity index (χ0) is 13.9. The van der Waals surface area contributed by atoms with Gasteiger partial charge in [0.2, 0.25) is 0 Å². The van der Waals surface area contributed by atoms with E-state index in [-0.39, 0.29) is 6.61 Å². The average molecular weight is 269 g/mol. The molecular formula is C10H8F5NO2. The summed E-state index contributed by atoms with van der Waals surface area (Å²) in [6.45, 7) is 1.37. The number of hydrogen-bond donors (Lipinski definition) is 0. The maximum Gasteiger partial charge on any atom is 0.433 e. The number of carbonyl (C=O) groups is 1. The summed E-state index contributed by atoms with van der Waals surface area (Å²) >= 11 is 0. The summed E-state index contributed by atoms with van der Waals surface area (Å²) < 4.78 is 66.4. The number of rotatable bonds is 3. The second-order valence-electron chi connectivity index (χ2n) is 3.18. The van der Waals surface area contributed by atoms with E-state index in [0.29, 0.717) is 12.1 Å². The Morgan fingerprint density at radius 3 is 2.44 bits per heavy atom. The summed E-state index contributed by atoms with van der Waals surface area (Å²) in [5.74, 6) is -1.10. The number of hydrogen-bond acceptors (Lipinski definition) is 3. The zero-order valence-corrected chi connectivity index (χ0v) is 9.09. The second kappa shape index (κ2) is 5.28. The first-order chi connectivity index (χ1) is 8.25. The van der Waals surface area contributed by atoms with E-state index in [4.69, 9.17) is 0 Å².